The van der Waals surface area contributed by atoms with Crippen LogP contribution in [0.4, 0.5) is 17.1 Å². The summed E-state index contributed by atoms with van der Waals surface area (Å²) >= 11 is 0. The maximum atomic E-state index is 5.61. The number of imidazole rings is 2. The van der Waals surface area contributed by atoms with Crippen molar-refractivity contribution in [3.05, 3.63) is 59.7 Å². The molecule has 1 aliphatic rings. The Morgan fingerprint density at radius 1 is 0.875 bits per heavy atom. The van der Waals surface area contributed by atoms with Crippen LogP contribution in [0, 0.1) is 13.8 Å². The zero-order valence-corrected chi connectivity index (χ0v) is 19.3. The molecule has 3 heterocycles. The summed E-state index contributed by atoms with van der Waals surface area (Å²) in [7, 11) is 6.00. The first-order valence-corrected chi connectivity index (χ1v) is 11.0. The summed E-state index contributed by atoms with van der Waals surface area (Å²) in [5, 5.41) is 0. The van der Waals surface area contributed by atoms with Crippen LogP contribution in [0.3, 0.4) is 0 Å². The number of aryl methyl sites for hydroxylation is 2. The molecule has 0 amide bonds. The first-order valence-electron chi connectivity index (χ1n) is 11.0. The molecule has 6 rings (SSSR count). The van der Waals surface area contributed by atoms with Gasteiger partial charge in [-0.05, 0) is 56.7 Å². The smallest absolute Gasteiger partial charge is 0.215 e. The van der Waals surface area contributed by atoms with E-state index < -0.39 is 0 Å². The van der Waals surface area contributed by atoms with E-state index in [9.17, 15) is 0 Å². The van der Waals surface area contributed by atoms with Gasteiger partial charge in [-0.1, -0.05) is 18.2 Å². The van der Waals surface area contributed by atoms with Crippen LogP contribution in [0.25, 0.3) is 27.8 Å². The minimum Gasteiger partial charge on any atom is -0.496 e. The number of aromatic nitrogens is 3. The zero-order valence-electron chi connectivity index (χ0n) is 19.3. The van der Waals surface area contributed by atoms with Crippen LogP contribution in [0.15, 0.2) is 48.5 Å². The van der Waals surface area contributed by atoms with Crippen molar-refractivity contribution in [2.45, 2.75) is 26.9 Å². The summed E-state index contributed by atoms with van der Waals surface area (Å²) < 4.78 is 10.1. The van der Waals surface area contributed by atoms with Crippen molar-refractivity contribution < 1.29 is 4.74 Å². The average molecular weight is 426 g/mol. The van der Waals surface area contributed by atoms with Gasteiger partial charge < -0.3 is 19.1 Å². The molecule has 2 aromatic heterocycles. The molecule has 0 saturated carbocycles. The van der Waals surface area contributed by atoms with Gasteiger partial charge in [-0.15, -0.1) is 0 Å². The molecule has 0 fully saturated rings. The number of hydrogen-bond acceptors (Lipinski definition) is 4. The van der Waals surface area contributed by atoms with E-state index in [4.69, 9.17) is 9.72 Å². The molecule has 6 nitrogen and oxygen atoms in total. The summed E-state index contributed by atoms with van der Waals surface area (Å²) in [6.07, 6.45) is 0.185. The average Bonchev–Trinajstić information content (AvgIpc) is 3.38. The molecule has 0 spiro atoms. The van der Waals surface area contributed by atoms with Gasteiger partial charge in [0.25, 0.3) is 0 Å². The third-order valence-corrected chi connectivity index (χ3v) is 7.15. The monoisotopic (exact) mass is 425 g/mol. The quantitative estimate of drug-likeness (QED) is 0.372. The highest BCUT2D eigenvalue weighted by Crippen LogP contribution is 2.47. The van der Waals surface area contributed by atoms with Crippen LogP contribution in [-0.4, -0.2) is 34.3 Å². The lowest BCUT2D eigenvalue weighted by Gasteiger charge is -2.29. The molecule has 0 N–H and O–H groups in total. The van der Waals surface area contributed by atoms with Gasteiger partial charge in [0.15, 0.2) is 0 Å². The Kier molecular flexibility index (Phi) is 3.82. The second-order valence-corrected chi connectivity index (χ2v) is 8.80. The molecule has 162 valence electrons. The van der Waals surface area contributed by atoms with Crippen molar-refractivity contribution in [1.82, 2.24) is 14.0 Å². The predicted molar refractivity (Wildman–Crippen MR) is 132 cm³/mol. The van der Waals surface area contributed by atoms with E-state index in [-0.39, 0.29) is 6.17 Å². The Hall–Kier alpha value is -3.67. The fourth-order valence-electron chi connectivity index (χ4n) is 5.27. The van der Waals surface area contributed by atoms with E-state index in [1.165, 1.54) is 33.7 Å². The van der Waals surface area contributed by atoms with Crippen molar-refractivity contribution >= 4 is 44.9 Å². The van der Waals surface area contributed by atoms with Gasteiger partial charge in [-0.3, -0.25) is 4.40 Å². The Bertz CT molecular complexity index is 1540. The van der Waals surface area contributed by atoms with Gasteiger partial charge in [0, 0.05) is 25.3 Å². The minimum absolute atomic E-state index is 0.185. The fourth-order valence-corrected chi connectivity index (χ4v) is 5.27. The Labute approximate surface area is 187 Å². The molecular formula is C26H27N5O. The molecular weight excluding hydrogens is 398 g/mol. The van der Waals surface area contributed by atoms with Crippen LogP contribution in [0.2, 0.25) is 0 Å². The molecule has 32 heavy (non-hydrogen) atoms. The number of benzene rings is 3. The van der Waals surface area contributed by atoms with Gasteiger partial charge in [-0.2, -0.15) is 0 Å². The van der Waals surface area contributed by atoms with Crippen LogP contribution in [-0.2, 0) is 7.05 Å². The van der Waals surface area contributed by atoms with Crippen LogP contribution < -0.4 is 14.5 Å². The third-order valence-electron chi connectivity index (χ3n) is 7.15. The molecule has 3 aromatic carbocycles. The first kappa shape index (κ1) is 19.0. The number of methoxy groups -OCH3 is 1. The Morgan fingerprint density at radius 3 is 2.41 bits per heavy atom. The second-order valence-electron chi connectivity index (χ2n) is 8.80. The number of nitrogens with zero attached hydrogens (tertiary/aromatic N) is 5. The van der Waals surface area contributed by atoms with E-state index in [0.717, 1.165) is 28.1 Å². The van der Waals surface area contributed by atoms with Gasteiger partial charge in [0.05, 0.1) is 40.6 Å². The summed E-state index contributed by atoms with van der Waals surface area (Å²) in [5.41, 5.74) is 10.5. The standard InChI is InChI=1S/C26H27N5O/c1-15-9-7-11-19-25(15)27-26-29(5)21-14-22-20(13-23(21)31(19)26)28(4)17(3)30(22)18-10-8-12-24(32-6)16(18)2/h7-14,17H,1-6H3/t17-/m0/s1. The highest BCUT2D eigenvalue weighted by molar-refractivity contribution is 5.99. The predicted octanol–water partition coefficient (Wildman–Crippen LogP) is 5.54. The molecule has 0 bridgehead atoms. The number of para-hydroxylation sites is 1. The zero-order chi connectivity index (χ0) is 22.3. The molecule has 0 aliphatic carbocycles. The summed E-state index contributed by atoms with van der Waals surface area (Å²) in [6, 6.07) is 17.3. The van der Waals surface area contributed by atoms with Gasteiger partial charge in [0.1, 0.15) is 11.9 Å². The summed E-state index contributed by atoms with van der Waals surface area (Å²) in [4.78, 5) is 9.74. The topological polar surface area (TPSA) is 37.9 Å². The van der Waals surface area contributed by atoms with Crippen molar-refractivity contribution in [3.8, 4) is 5.75 Å². The van der Waals surface area contributed by atoms with E-state index in [1.807, 2.05) is 6.07 Å². The Balaban J connectivity index is 1.66. The molecule has 0 saturated heterocycles. The van der Waals surface area contributed by atoms with Crippen LogP contribution >= 0.6 is 0 Å². The van der Waals surface area contributed by atoms with Gasteiger partial charge in [0.2, 0.25) is 5.78 Å². The van der Waals surface area contributed by atoms with Crippen molar-refractivity contribution in [3.63, 3.8) is 0 Å². The molecule has 6 heteroatoms. The molecule has 1 atom stereocenters. The van der Waals surface area contributed by atoms with E-state index in [0.29, 0.717) is 0 Å². The highest BCUT2D eigenvalue weighted by Gasteiger charge is 2.34. The lowest BCUT2D eigenvalue weighted by Crippen LogP contribution is -2.35. The number of ether oxygens (including phenoxy) is 1. The van der Waals surface area contributed by atoms with Crippen LogP contribution in [0.1, 0.15) is 18.1 Å². The van der Waals surface area contributed by atoms with E-state index in [1.54, 1.807) is 7.11 Å². The normalized spacial score (nSPS) is 16.0. The first-order chi connectivity index (χ1) is 15.4. The van der Waals surface area contributed by atoms with E-state index in [2.05, 4.69) is 96.1 Å². The maximum absolute atomic E-state index is 5.61. The lowest BCUT2D eigenvalue weighted by molar-refractivity contribution is 0.411. The second kappa shape index (κ2) is 6.42. The summed E-state index contributed by atoms with van der Waals surface area (Å²) in [5.74, 6) is 1.87. The Morgan fingerprint density at radius 2 is 1.62 bits per heavy atom. The number of fused-ring (bicyclic) bond motifs is 6. The van der Waals surface area contributed by atoms with Gasteiger partial charge in [-0.25, -0.2) is 4.98 Å². The lowest BCUT2D eigenvalue weighted by atomic mass is 10.1. The number of rotatable bonds is 2. The largest absolute Gasteiger partial charge is 0.496 e. The van der Waals surface area contributed by atoms with Crippen molar-refractivity contribution in [1.29, 1.82) is 0 Å². The SMILES string of the molecule is COc1cccc(N2c3cc4c(cc3N(C)[C@@H]2C)n2c3cccc(C)c3nc2n4C)c1C. The molecule has 1 aliphatic heterocycles. The van der Waals surface area contributed by atoms with Crippen molar-refractivity contribution in [2.24, 2.45) is 7.05 Å². The minimum atomic E-state index is 0.185. The third kappa shape index (κ3) is 2.27. The summed E-state index contributed by atoms with van der Waals surface area (Å²) in [6.45, 7) is 6.50. The van der Waals surface area contributed by atoms with Crippen LogP contribution in [0.5, 0.6) is 5.75 Å². The number of anilines is 3. The van der Waals surface area contributed by atoms with E-state index >= 15 is 0 Å². The van der Waals surface area contributed by atoms with Crippen molar-refractivity contribution in [2.75, 3.05) is 24.0 Å². The maximum Gasteiger partial charge on any atom is 0.215 e. The number of hydrogen-bond donors (Lipinski definition) is 0. The van der Waals surface area contributed by atoms with Gasteiger partial charge >= 0.3 is 0 Å². The highest BCUT2D eigenvalue weighted by atomic mass is 16.5. The molecule has 5 aromatic rings. The molecule has 0 unspecified atom stereocenters. The molecule has 0 radical (unpaired) electrons. The fraction of sp³-hybridized carbons (Fsp3) is 0.269.